The van der Waals surface area contributed by atoms with Crippen molar-refractivity contribution in [2.75, 3.05) is 32.1 Å². The third-order valence-corrected chi connectivity index (χ3v) is 3.95. The predicted molar refractivity (Wildman–Crippen MR) is 81.0 cm³/mol. The normalized spacial score (nSPS) is 17.1. The number of hydrogen-bond donors (Lipinski definition) is 1. The van der Waals surface area contributed by atoms with Gasteiger partial charge < -0.3 is 9.64 Å². The van der Waals surface area contributed by atoms with E-state index in [1.165, 1.54) is 0 Å². The van der Waals surface area contributed by atoms with Crippen molar-refractivity contribution >= 4 is 5.69 Å². The van der Waals surface area contributed by atoms with Crippen LogP contribution in [0.1, 0.15) is 19.8 Å². The van der Waals surface area contributed by atoms with Crippen LogP contribution in [0.3, 0.4) is 0 Å². The summed E-state index contributed by atoms with van der Waals surface area (Å²) in [6, 6.07) is 10.5. The van der Waals surface area contributed by atoms with Crippen molar-refractivity contribution in [3.8, 4) is 11.8 Å². The fourth-order valence-corrected chi connectivity index (χ4v) is 2.70. The number of ether oxygens (including phenoxy) is 1. The maximum atomic E-state index is 9.65. The van der Waals surface area contributed by atoms with Gasteiger partial charge in [0.25, 0.3) is 0 Å². The largest absolute Gasteiger partial charge is 0.497 e. The molecule has 1 aliphatic rings. The topological polar surface area (TPSA) is 48.3 Å². The molecule has 1 unspecified atom stereocenters. The van der Waals surface area contributed by atoms with E-state index in [1.54, 1.807) is 7.11 Å². The molecule has 1 aromatic rings. The predicted octanol–water partition coefficient (Wildman–Crippen LogP) is 2.41. The van der Waals surface area contributed by atoms with E-state index in [4.69, 9.17) is 4.74 Å². The zero-order chi connectivity index (χ0) is 14.6. The van der Waals surface area contributed by atoms with Crippen molar-refractivity contribution in [2.24, 2.45) is 5.92 Å². The van der Waals surface area contributed by atoms with Gasteiger partial charge in [-0.1, -0.05) is 13.0 Å². The lowest BCUT2D eigenvalue weighted by molar-refractivity contribution is 0.377. The first-order chi connectivity index (χ1) is 9.65. The second-order valence-corrected chi connectivity index (χ2v) is 5.45. The van der Waals surface area contributed by atoms with Gasteiger partial charge >= 0.3 is 0 Å². The van der Waals surface area contributed by atoms with Crippen molar-refractivity contribution in [3.63, 3.8) is 0 Å². The first-order valence-corrected chi connectivity index (χ1v) is 7.16. The highest BCUT2D eigenvalue weighted by Gasteiger charge is 2.45. The summed E-state index contributed by atoms with van der Waals surface area (Å²) in [4.78, 5) is 2.13. The lowest BCUT2D eigenvalue weighted by Crippen LogP contribution is -2.53. The van der Waals surface area contributed by atoms with Crippen LogP contribution in [0.15, 0.2) is 24.3 Å². The maximum absolute atomic E-state index is 9.65. The van der Waals surface area contributed by atoms with Crippen molar-refractivity contribution in [3.05, 3.63) is 24.3 Å². The smallest absolute Gasteiger partial charge is 0.127 e. The quantitative estimate of drug-likeness (QED) is 0.829. The van der Waals surface area contributed by atoms with Crippen LogP contribution in [0.2, 0.25) is 0 Å². The molecular formula is C16H23N3O. The minimum absolute atomic E-state index is 0.438. The van der Waals surface area contributed by atoms with Crippen LogP contribution < -0.4 is 15.0 Å². The molecule has 0 heterocycles. The third kappa shape index (κ3) is 3.05. The number of methoxy groups -OCH3 is 1. The summed E-state index contributed by atoms with van der Waals surface area (Å²) in [6.45, 7) is 3.56. The molecule has 0 aliphatic heterocycles. The molecule has 2 rings (SSSR count). The van der Waals surface area contributed by atoms with Crippen LogP contribution in [0.4, 0.5) is 5.69 Å². The maximum Gasteiger partial charge on any atom is 0.127 e. The monoisotopic (exact) mass is 273 g/mol. The molecule has 1 N–H and O–H groups in total. The standard InChI is InChI=1S/C16H23N3O/c1-4-18-16(11-17,13-8-9-13)12-19(2)14-6-5-7-15(10-14)20-3/h5-7,10,13,18H,4,8-9,12H2,1-3H3. The zero-order valence-corrected chi connectivity index (χ0v) is 12.5. The average molecular weight is 273 g/mol. The molecule has 4 nitrogen and oxygen atoms in total. The molecule has 1 fully saturated rings. The number of nitriles is 1. The van der Waals surface area contributed by atoms with E-state index in [9.17, 15) is 5.26 Å². The van der Waals surface area contributed by atoms with E-state index in [-0.39, 0.29) is 0 Å². The summed E-state index contributed by atoms with van der Waals surface area (Å²) in [7, 11) is 3.70. The molecule has 1 atom stereocenters. The van der Waals surface area contributed by atoms with Crippen molar-refractivity contribution in [1.82, 2.24) is 5.32 Å². The van der Waals surface area contributed by atoms with Crippen LogP contribution in [0.25, 0.3) is 0 Å². The Kier molecular flexibility index (Phi) is 4.51. The number of rotatable bonds is 7. The number of nitrogens with one attached hydrogen (secondary N) is 1. The van der Waals surface area contributed by atoms with Gasteiger partial charge in [-0.25, -0.2) is 0 Å². The summed E-state index contributed by atoms with van der Waals surface area (Å²) in [5.41, 5.74) is 0.634. The molecule has 0 bridgehead atoms. The van der Waals surface area contributed by atoms with E-state index in [0.717, 1.165) is 30.8 Å². The highest BCUT2D eigenvalue weighted by molar-refractivity contribution is 5.51. The number of benzene rings is 1. The number of hydrogen-bond acceptors (Lipinski definition) is 4. The van der Waals surface area contributed by atoms with Crippen molar-refractivity contribution < 1.29 is 4.74 Å². The molecule has 1 saturated carbocycles. The van der Waals surface area contributed by atoms with Crippen LogP contribution in [-0.2, 0) is 0 Å². The van der Waals surface area contributed by atoms with Crippen LogP contribution in [0, 0.1) is 17.2 Å². The van der Waals surface area contributed by atoms with E-state index in [1.807, 2.05) is 31.3 Å². The Hall–Kier alpha value is -1.73. The average Bonchev–Trinajstić information content (AvgIpc) is 3.31. The Morgan fingerprint density at radius 3 is 2.80 bits per heavy atom. The molecule has 4 heteroatoms. The Bertz CT molecular complexity index is 493. The van der Waals surface area contributed by atoms with E-state index in [0.29, 0.717) is 12.5 Å². The second kappa shape index (κ2) is 6.15. The van der Waals surface area contributed by atoms with Gasteiger partial charge in [0.05, 0.1) is 13.2 Å². The fourth-order valence-electron chi connectivity index (χ4n) is 2.70. The molecule has 0 spiro atoms. The highest BCUT2D eigenvalue weighted by Crippen LogP contribution is 2.40. The minimum atomic E-state index is -0.438. The lowest BCUT2D eigenvalue weighted by Gasteiger charge is -2.33. The Morgan fingerprint density at radius 2 is 2.25 bits per heavy atom. The van der Waals surface area contributed by atoms with Gasteiger partial charge in [-0.3, -0.25) is 5.32 Å². The van der Waals surface area contributed by atoms with Crippen molar-refractivity contribution in [1.29, 1.82) is 5.26 Å². The first kappa shape index (κ1) is 14.7. The summed E-state index contributed by atoms with van der Waals surface area (Å²) in [5, 5.41) is 13.1. The fraction of sp³-hybridized carbons (Fsp3) is 0.562. The molecule has 1 aromatic carbocycles. The molecule has 0 aromatic heterocycles. The molecule has 0 saturated heterocycles. The summed E-state index contributed by atoms with van der Waals surface area (Å²) < 4.78 is 5.26. The van der Waals surface area contributed by atoms with Gasteiger partial charge in [-0.15, -0.1) is 0 Å². The number of anilines is 1. The second-order valence-electron chi connectivity index (χ2n) is 5.45. The van der Waals surface area contributed by atoms with Crippen LogP contribution >= 0.6 is 0 Å². The number of nitrogens with zero attached hydrogens (tertiary/aromatic N) is 2. The van der Waals surface area contributed by atoms with E-state index in [2.05, 4.69) is 23.2 Å². The molecule has 1 aliphatic carbocycles. The van der Waals surface area contributed by atoms with E-state index < -0.39 is 5.54 Å². The zero-order valence-electron chi connectivity index (χ0n) is 12.5. The summed E-state index contributed by atoms with van der Waals surface area (Å²) in [5.74, 6) is 1.31. The lowest BCUT2D eigenvalue weighted by atomic mass is 9.94. The van der Waals surface area contributed by atoms with E-state index >= 15 is 0 Å². The Balaban J connectivity index is 2.15. The highest BCUT2D eigenvalue weighted by atomic mass is 16.5. The summed E-state index contributed by atoms with van der Waals surface area (Å²) >= 11 is 0. The molecule has 20 heavy (non-hydrogen) atoms. The van der Waals surface area contributed by atoms with Crippen molar-refractivity contribution in [2.45, 2.75) is 25.3 Å². The van der Waals surface area contributed by atoms with Gasteiger partial charge in [-0.2, -0.15) is 5.26 Å². The van der Waals surface area contributed by atoms with Gasteiger partial charge in [-0.05, 0) is 37.4 Å². The van der Waals surface area contributed by atoms with Gasteiger partial charge in [0.1, 0.15) is 11.3 Å². The first-order valence-electron chi connectivity index (χ1n) is 7.16. The van der Waals surface area contributed by atoms with Crippen LogP contribution in [-0.4, -0.2) is 32.8 Å². The summed E-state index contributed by atoms with van der Waals surface area (Å²) in [6.07, 6.45) is 2.29. The van der Waals surface area contributed by atoms with Gasteiger partial charge in [0.15, 0.2) is 0 Å². The third-order valence-electron chi connectivity index (χ3n) is 3.95. The molecule has 0 amide bonds. The minimum Gasteiger partial charge on any atom is -0.497 e. The van der Waals surface area contributed by atoms with Crippen LogP contribution in [0.5, 0.6) is 5.75 Å². The Labute approximate surface area is 121 Å². The molecule has 0 radical (unpaired) electrons. The Morgan fingerprint density at radius 1 is 1.50 bits per heavy atom. The SMILES string of the molecule is CCNC(C#N)(CN(C)c1cccc(OC)c1)C1CC1. The van der Waals surface area contributed by atoms with Gasteiger partial charge in [0.2, 0.25) is 0 Å². The molecular weight excluding hydrogens is 250 g/mol. The number of likely N-dealkylation sites (N-methyl/N-ethyl adjacent to an activating group) is 2. The molecule has 108 valence electrons. The van der Waals surface area contributed by atoms with Gasteiger partial charge in [0, 0.05) is 25.3 Å².